The third-order valence-corrected chi connectivity index (χ3v) is 2.30. The minimum atomic E-state index is 0.370. The molecule has 12 heavy (non-hydrogen) atoms. The highest BCUT2D eigenvalue weighted by Gasteiger charge is 2.02. The average molecular weight is 172 g/mol. The lowest BCUT2D eigenvalue weighted by molar-refractivity contribution is 0.266. The van der Waals surface area contributed by atoms with Crippen molar-refractivity contribution in [2.24, 2.45) is 5.73 Å². The number of nitrogens with two attached hydrogens (primary N) is 1. The number of hydrogen-bond donors (Lipinski definition) is 1. The Morgan fingerprint density at radius 1 is 1.17 bits per heavy atom. The zero-order valence-corrected chi connectivity index (χ0v) is 9.01. The van der Waals surface area contributed by atoms with E-state index in [0.717, 1.165) is 6.42 Å². The molecule has 0 saturated carbocycles. The van der Waals surface area contributed by atoms with Crippen LogP contribution in [0.1, 0.15) is 40.0 Å². The molecule has 0 rings (SSSR count). The molecule has 0 aliphatic heterocycles. The smallest absolute Gasteiger partial charge is 0.00355 e. The van der Waals surface area contributed by atoms with Gasteiger partial charge in [-0.1, -0.05) is 6.42 Å². The molecular formula is C10H24N2. The van der Waals surface area contributed by atoms with Crippen LogP contribution < -0.4 is 5.73 Å². The topological polar surface area (TPSA) is 29.3 Å². The van der Waals surface area contributed by atoms with Gasteiger partial charge in [0.25, 0.3) is 0 Å². The molecule has 74 valence electrons. The second-order valence-electron chi connectivity index (χ2n) is 4.05. The van der Waals surface area contributed by atoms with Gasteiger partial charge in [0.15, 0.2) is 0 Å². The Kier molecular flexibility index (Phi) is 6.39. The summed E-state index contributed by atoms with van der Waals surface area (Å²) in [6, 6.07) is 1.04. The van der Waals surface area contributed by atoms with E-state index < -0.39 is 0 Å². The van der Waals surface area contributed by atoms with E-state index in [-0.39, 0.29) is 0 Å². The van der Waals surface area contributed by atoms with E-state index in [1.54, 1.807) is 0 Å². The van der Waals surface area contributed by atoms with Crippen LogP contribution >= 0.6 is 0 Å². The molecule has 0 heterocycles. The Hall–Kier alpha value is -0.0800. The second kappa shape index (κ2) is 6.44. The van der Waals surface area contributed by atoms with Crippen molar-refractivity contribution in [2.75, 3.05) is 13.6 Å². The van der Waals surface area contributed by atoms with Crippen molar-refractivity contribution in [1.29, 1.82) is 0 Å². The summed E-state index contributed by atoms with van der Waals surface area (Å²) in [6.07, 6.45) is 3.69. The van der Waals surface area contributed by atoms with Crippen molar-refractivity contribution in [1.82, 2.24) is 4.90 Å². The van der Waals surface area contributed by atoms with Crippen LogP contribution in [-0.4, -0.2) is 30.6 Å². The molecule has 2 N–H and O–H groups in total. The molecule has 0 aliphatic carbocycles. The Morgan fingerprint density at radius 2 is 1.75 bits per heavy atom. The molecular weight excluding hydrogens is 148 g/mol. The van der Waals surface area contributed by atoms with Gasteiger partial charge in [0.2, 0.25) is 0 Å². The normalized spacial score (nSPS) is 14.2. The highest BCUT2D eigenvalue weighted by molar-refractivity contribution is 4.58. The van der Waals surface area contributed by atoms with E-state index in [1.165, 1.54) is 19.4 Å². The van der Waals surface area contributed by atoms with Crippen LogP contribution in [0.5, 0.6) is 0 Å². The standard InChI is InChI=1S/C10H24N2/c1-9(2)12(4)8-6-5-7-10(3)11/h9-10H,5-8,11H2,1-4H3. The molecule has 0 amide bonds. The van der Waals surface area contributed by atoms with Crippen molar-refractivity contribution in [3.63, 3.8) is 0 Å². The van der Waals surface area contributed by atoms with Gasteiger partial charge in [0.1, 0.15) is 0 Å². The lowest BCUT2D eigenvalue weighted by Crippen LogP contribution is -2.27. The maximum Gasteiger partial charge on any atom is 0.00355 e. The summed E-state index contributed by atoms with van der Waals surface area (Å²) in [4.78, 5) is 2.38. The van der Waals surface area contributed by atoms with E-state index in [9.17, 15) is 0 Å². The van der Waals surface area contributed by atoms with E-state index >= 15 is 0 Å². The van der Waals surface area contributed by atoms with Crippen LogP contribution in [-0.2, 0) is 0 Å². The molecule has 1 atom stereocenters. The van der Waals surface area contributed by atoms with Crippen LogP contribution in [0.15, 0.2) is 0 Å². The van der Waals surface area contributed by atoms with Crippen molar-refractivity contribution in [3.8, 4) is 0 Å². The van der Waals surface area contributed by atoms with Crippen LogP contribution in [0.4, 0.5) is 0 Å². The first kappa shape index (κ1) is 11.9. The van der Waals surface area contributed by atoms with Gasteiger partial charge < -0.3 is 10.6 Å². The molecule has 0 fully saturated rings. The molecule has 0 saturated heterocycles. The lowest BCUT2D eigenvalue weighted by Gasteiger charge is -2.20. The summed E-state index contributed by atoms with van der Waals surface area (Å²) < 4.78 is 0. The van der Waals surface area contributed by atoms with Crippen molar-refractivity contribution in [2.45, 2.75) is 52.1 Å². The molecule has 0 aromatic carbocycles. The SMILES string of the molecule is CC(N)CCCCN(C)C(C)C. The molecule has 1 unspecified atom stereocenters. The van der Waals surface area contributed by atoms with E-state index in [2.05, 4.69) is 32.7 Å². The van der Waals surface area contributed by atoms with Gasteiger partial charge in [0.05, 0.1) is 0 Å². The fourth-order valence-corrected chi connectivity index (χ4v) is 1.09. The molecule has 2 heteroatoms. The van der Waals surface area contributed by atoms with Gasteiger partial charge in [0, 0.05) is 12.1 Å². The summed E-state index contributed by atoms with van der Waals surface area (Å²) in [5, 5.41) is 0. The number of hydrogen-bond acceptors (Lipinski definition) is 2. The monoisotopic (exact) mass is 172 g/mol. The molecule has 2 nitrogen and oxygen atoms in total. The van der Waals surface area contributed by atoms with Crippen LogP contribution in [0.3, 0.4) is 0 Å². The first-order chi connectivity index (χ1) is 5.54. The Bertz CT molecular complexity index is 100. The predicted octanol–water partition coefficient (Wildman–Crippen LogP) is 1.84. The molecule has 0 radical (unpaired) electrons. The summed E-state index contributed by atoms with van der Waals surface area (Å²) in [6.45, 7) is 7.73. The third kappa shape index (κ3) is 6.62. The Morgan fingerprint density at radius 3 is 2.17 bits per heavy atom. The highest BCUT2D eigenvalue weighted by Crippen LogP contribution is 2.01. The highest BCUT2D eigenvalue weighted by atomic mass is 15.1. The molecule has 0 aromatic heterocycles. The Balaban J connectivity index is 3.20. The maximum atomic E-state index is 5.66. The van der Waals surface area contributed by atoms with Crippen LogP contribution in [0.25, 0.3) is 0 Å². The summed E-state index contributed by atoms with van der Waals surface area (Å²) in [5.74, 6) is 0. The zero-order valence-electron chi connectivity index (χ0n) is 9.01. The summed E-state index contributed by atoms with van der Waals surface area (Å²) in [7, 11) is 2.18. The van der Waals surface area contributed by atoms with Crippen LogP contribution in [0.2, 0.25) is 0 Å². The van der Waals surface area contributed by atoms with Gasteiger partial charge in [-0.2, -0.15) is 0 Å². The van der Waals surface area contributed by atoms with Gasteiger partial charge in [-0.05, 0) is 47.2 Å². The second-order valence-corrected chi connectivity index (χ2v) is 4.05. The van der Waals surface area contributed by atoms with Crippen molar-refractivity contribution < 1.29 is 0 Å². The van der Waals surface area contributed by atoms with E-state index in [1.807, 2.05) is 0 Å². The Labute approximate surface area is 77.1 Å². The lowest BCUT2D eigenvalue weighted by atomic mass is 10.1. The summed E-state index contributed by atoms with van der Waals surface area (Å²) in [5.41, 5.74) is 5.66. The van der Waals surface area contributed by atoms with Gasteiger partial charge in [-0.3, -0.25) is 0 Å². The van der Waals surface area contributed by atoms with Gasteiger partial charge >= 0.3 is 0 Å². The van der Waals surface area contributed by atoms with Crippen LogP contribution in [0, 0.1) is 0 Å². The fraction of sp³-hybridized carbons (Fsp3) is 1.00. The molecule has 0 bridgehead atoms. The molecule has 0 aromatic rings. The quantitative estimate of drug-likeness (QED) is 0.619. The first-order valence-electron chi connectivity index (χ1n) is 5.00. The number of unbranched alkanes of at least 4 members (excludes halogenated alkanes) is 1. The van der Waals surface area contributed by atoms with E-state index in [4.69, 9.17) is 5.73 Å². The number of nitrogens with zero attached hydrogens (tertiary/aromatic N) is 1. The summed E-state index contributed by atoms with van der Waals surface area (Å²) >= 11 is 0. The fourth-order valence-electron chi connectivity index (χ4n) is 1.09. The third-order valence-electron chi connectivity index (χ3n) is 2.30. The van der Waals surface area contributed by atoms with Gasteiger partial charge in [-0.15, -0.1) is 0 Å². The van der Waals surface area contributed by atoms with E-state index in [0.29, 0.717) is 12.1 Å². The number of rotatable bonds is 6. The molecule has 0 aliphatic rings. The minimum absolute atomic E-state index is 0.370. The average Bonchev–Trinajstić information content (AvgIpc) is 1.97. The zero-order chi connectivity index (χ0) is 9.56. The predicted molar refractivity (Wildman–Crippen MR) is 55.3 cm³/mol. The maximum absolute atomic E-state index is 5.66. The minimum Gasteiger partial charge on any atom is -0.328 e. The molecule has 0 spiro atoms. The van der Waals surface area contributed by atoms with Crippen molar-refractivity contribution >= 4 is 0 Å². The van der Waals surface area contributed by atoms with Crippen molar-refractivity contribution in [3.05, 3.63) is 0 Å². The van der Waals surface area contributed by atoms with Gasteiger partial charge in [-0.25, -0.2) is 0 Å². The first-order valence-corrected chi connectivity index (χ1v) is 5.00. The largest absolute Gasteiger partial charge is 0.328 e.